The van der Waals surface area contributed by atoms with Gasteiger partial charge in [0.05, 0.1) is 18.1 Å². The maximum atomic E-state index is 5.19. The Hall–Kier alpha value is -1.55. The van der Waals surface area contributed by atoms with Crippen LogP contribution in [0, 0.1) is 0 Å². The van der Waals surface area contributed by atoms with Crippen LogP contribution in [0.1, 0.15) is 19.7 Å². The van der Waals surface area contributed by atoms with Crippen LogP contribution >= 0.6 is 0 Å². The van der Waals surface area contributed by atoms with Gasteiger partial charge in [-0.3, -0.25) is 0 Å². The van der Waals surface area contributed by atoms with Gasteiger partial charge in [0.1, 0.15) is 11.6 Å². The Morgan fingerprint density at radius 2 is 2.29 bits per heavy atom. The van der Waals surface area contributed by atoms with Crippen LogP contribution < -0.4 is 10.1 Å². The van der Waals surface area contributed by atoms with Crippen LogP contribution in [0.4, 0.5) is 0 Å². The normalized spacial score (nSPS) is 12.9. The first-order chi connectivity index (χ1) is 8.22. The lowest BCUT2D eigenvalue weighted by Gasteiger charge is -2.09. The Morgan fingerprint density at radius 3 is 3.00 bits per heavy atom. The summed E-state index contributed by atoms with van der Waals surface area (Å²) in [5.74, 6) is 1.87. The number of likely N-dealkylation sites (N-methyl/N-ethyl adjacent to an activating group) is 1. The summed E-state index contributed by atoms with van der Waals surface area (Å²) >= 11 is 0. The predicted molar refractivity (Wildman–Crippen MR) is 69.5 cm³/mol. The highest BCUT2D eigenvalue weighted by molar-refractivity contribution is 5.76. The van der Waals surface area contributed by atoms with E-state index in [0.717, 1.165) is 35.6 Å². The van der Waals surface area contributed by atoms with Gasteiger partial charge in [-0.25, -0.2) is 4.98 Å². The van der Waals surface area contributed by atoms with Gasteiger partial charge in [0.15, 0.2) is 0 Å². The zero-order valence-corrected chi connectivity index (χ0v) is 10.6. The van der Waals surface area contributed by atoms with Gasteiger partial charge in [-0.05, 0) is 25.6 Å². The number of benzene rings is 1. The van der Waals surface area contributed by atoms with E-state index in [1.165, 1.54) is 0 Å². The number of H-pyrrole nitrogens is 1. The lowest BCUT2D eigenvalue weighted by molar-refractivity contribution is 0.415. The van der Waals surface area contributed by atoms with Crippen molar-refractivity contribution in [1.29, 1.82) is 0 Å². The molecule has 17 heavy (non-hydrogen) atoms. The molecule has 0 saturated heterocycles. The summed E-state index contributed by atoms with van der Waals surface area (Å²) in [6.07, 6.45) is 0.908. The molecule has 2 aromatic rings. The van der Waals surface area contributed by atoms with Crippen LogP contribution in [0.5, 0.6) is 5.75 Å². The summed E-state index contributed by atoms with van der Waals surface area (Å²) in [5.41, 5.74) is 2.02. The summed E-state index contributed by atoms with van der Waals surface area (Å²) < 4.78 is 5.19. The summed E-state index contributed by atoms with van der Waals surface area (Å²) in [6.45, 7) is 5.26. The fourth-order valence-corrected chi connectivity index (χ4v) is 1.98. The van der Waals surface area contributed by atoms with Gasteiger partial charge in [0.25, 0.3) is 0 Å². The van der Waals surface area contributed by atoms with Gasteiger partial charge >= 0.3 is 0 Å². The second-order valence-corrected chi connectivity index (χ2v) is 4.23. The molecule has 1 heterocycles. The highest BCUT2D eigenvalue weighted by atomic mass is 16.5. The standard InChI is InChI=1S/C13H19N3O/c1-4-14-9(2)7-13-15-11-6-5-10(17-3)8-12(11)16-13/h5-6,8-9,14H,4,7H2,1-3H3,(H,15,16). The average molecular weight is 233 g/mol. The van der Waals surface area contributed by atoms with Crippen molar-refractivity contribution in [3.05, 3.63) is 24.0 Å². The fraction of sp³-hybridized carbons (Fsp3) is 0.462. The van der Waals surface area contributed by atoms with Crippen LogP contribution in [-0.2, 0) is 6.42 Å². The van der Waals surface area contributed by atoms with Crippen LogP contribution in [0.2, 0.25) is 0 Å². The second-order valence-electron chi connectivity index (χ2n) is 4.23. The van der Waals surface area contributed by atoms with Crippen LogP contribution in [-0.4, -0.2) is 29.7 Å². The molecule has 0 fully saturated rings. The molecule has 2 rings (SSSR count). The minimum Gasteiger partial charge on any atom is -0.497 e. The third-order valence-corrected chi connectivity index (χ3v) is 2.79. The van der Waals surface area contributed by atoms with Gasteiger partial charge in [0, 0.05) is 18.5 Å². The molecule has 0 radical (unpaired) electrons. The molecule has 1 atom stereocenters. The first-order valence-corrected chi connectivity index (χ1v) is 5.99. The van der Waals surface area contributed by atoms with E-state index in [0.29, 0.717) is 6.04 Å². The van der Waals surface area contributed by atoms with Crippen molar-refractivity contribution < 1.29 is 4.74 Å². The maximum absolute atomic E-state index is 5.19. The number of fused-ring (bicyclic) bond motifs is 1. The van der Waals surface area contributed by atoms with E-state index in [4.69, 9.17) is 4.74 Å². The van der Waals surface area contributed by atoms with Crippen molar-refractivity contribution in [2.24, 2.45) is 0 Å². The van der Waals surface area contributed by atoms with Crippen LogP contribution in [0.3, 0.4) is 0 Å². The van der Waals surface area contributed by atoms with Gasteiger partial charge in [-0.15, -0.1) is 0 Å². The van der Waals surface area contributed by atoms with Crippen LogP contribution in [0.25, 0.3) is 11.0 Å². The van der Waals surface area contributed by atoms with Gasteiger partial charge in [-0.1, -0.05) is 6.92 Å². The summed E-state index contributed by atoms with van der Waals surface area (Å²) in [7, 11) is 1.67. The molecule has 1 aromatic carbocycles. The zero-order valence-electron chi connectivity index (χ0n) is 10.6. The first-order valence-electron chi connectivity index (χ1n) is 5.99. The third kappa shape index (κ3) is 2.77. The number of aromatic amines is 1. The molecule has 0 aliphatic carbocycles. The van der Waals surface area contributed by atoms with E-state index < -0.39 is 0 Å². The van der Waals surface area contributed by atoms with Crippen molar-refractivity contribution in [3.8, 4) is 5.75 Å². The van der Waals surface area contributed by atoms with Crippen molar-refractivity contribution in [2.45, 2.75) is 26.3 Å². The van der Waals surface area contributed by atoms with Gasteiger partial charge in [0.2, 0.25) is 0 Å². The third-order valence-electron chi connectivity index (χ3n) is 2.79. The van der Waals surface area contributed by atoms with Crippen molar-refractivity contribution in [3.63, 3.8) is 0 Å². The SMILES string of the molecule is CCNC(C)Cc1nc2ccc(OC)cc2[nH]1. The molecule has 1 aromatic heterocycles. The summed E-state index contributed by atoms with van der Waals surface area (Å²) in [6, 6.07) is 6.32. The first kappa shape index (κ1) is 11.9. The Kier molecular flexibility index (Phi) is 3.64. The molecule has 4 heteroatoms. The molecule has 0 amide bonds. The van der Waals surface area contributed by atoms with Gasteiger partial charge in [-0.2, -0.15) is 0 Å². The summed E-state index contributed by atoms with van der Waals surface area (Å²) in [4.78, 5) is 7.89. The van der Waals surface area contributed by atoms with Crippen molar-refractivity contribution in [2.75, 3.05) is 13.7 Å². The molecule has 0 spiro atoms. The van der Waals surface area contributed by atoms with Gasteiger partial charge < -0.3 is 15.0 Å². The largest absolute Gasteiger partial charge is 0.497 e. The Labute approximate surface area is 101 Å². The topological polar surface area (TPSA) is 49.9 Å². The monoisotopic (exact) mass is 233 g/mol. The highest BCUT2D eigenvalue weighted by Crippen LogP contribution is 2.19. The minimum atomic E-state index is 0.433. The van der Waals surface area contributed by atoms with E-state index in [9.17, 15) is 0 Å². The highest BCUT2D eigenvalue weighted by Gasteiger charge is 2.07. The number of methoxy groups -OCH3 is 1. The molecule has 4 nitrogen and oxygen atoms in total. The Morgan fingerprint density at radius 1 is 1.47 bits per heavy atom. The number of aromatic nitrogens is 2. The molecular weight excluding hydrogens is 214 g/mol. The van der Waals surface area contributed by atoms with Crippen molar-refractivity contribution in [1.82, 2.24) is 15.3 Å². The average Bonchev–Trinajstić information content (AvgIpc) is 2.69. The van der Waals surface area contributed by atoms with E-state index in [-0.39, 0.29) is 0 Å². The number of ether oxygens (including phenoxy) is 1. The minimum absolute atomic E-state index is 0.433. The summed E-state index contributed by atoms with van der Waals surface area (Å²) in [5, 5.41) is 3.38. The Balaban J connectivity index is 2.19. The lowest BCUT2D eigenvalue weighted by Crippen LogP contribution is -2.27. The number of nitrogens with zero attached hydrogens (tertiary/aromatic N) is 1. The molecule has 92 valence electrons. The molecule has 0 aliphatic heterocycles. The molecule has 2 N–H and O–H groups in total. The predicted octanol–water partition coefficient (Wildman–Crippen LogP) is 2.11. The van der Waals surface area contributed by atoms with Crippen molar-refractivity contribution >= 4 is 11.0 Å². The number of nitrogens with one attached hydrogen (secondary N) is 2. The number of imidazole rings is 1. The number of rotatable bonds is 5. The van der Waals surface area contributed by atoms with E-state index in [1.807, 2.05) is 18.2 Å². The molecule has 0 aliphatic rings. The van der Waals surface area contributed by atoms with E-state index in [2.05, 4.69) is 29.1 Å². The quantitative estimate of drug-likeness (QED) is 0.831. The number of hydrogen-bond acceptors (Lipinski definition) is 3. The molecule has 0 saturated carbocycles. The maximum Gasteiger partial charge on any atom is 0.121 e. The Bertz CT molecular complexity index is 492. The molecule has 0 bridgehead atoms. The van der Waals surface area contributed by atoms with E-state index in [1.54, 1.807) is 7.11 Å². The van der Waals surface area contributed by atoms with Crippen LogP contribution in [0.15, 0.2) is 18.2 Å². The fourth-order valence-electron chi connectivity index (χ4n) is 1.98. The number of hydrogen-bond donors (Lipinski definition) is 2. The smallest absolute Gasteiger partial charge is 0.121 e. The molecular formula is C13H19N3O. The second kappa shape index (κ2) is 5.19. The zero-order chi connectivity index (χ0) is 12.3. The lowest BCUT2D eigenvalue weighted by atomic mass is 10.2. The van der Waals surface area contributed by atoms with E-state index >= 15 is 0 Å². The molecule has 1 unspecified atom stereocenters.